The van der Waals surface area contributed by atoms with Crippen molar-refractivity contribution in [2.24, 2.45) is 0 Å². The lowest BCUT2D eigenvalue weighted by Crippen LogP contribution is -2.45. The van der Waals surface area contributed by atoms with E-state index in [-0.39, 0.29) is 5.38 Å². The van der Waals surface area contributed by atoms with Gasteiger partial charge in [-0.05, 0) is 13.5 Å². The molecule has 102 valence electrons. The number of halogens is 1. The zero-order valence-corrected chi connectivity index (χ0v) is 12.0. The summed E-state index contributed by atoms with van der Waals surface area (Å²) in [4.78, 5) is 4.84. The third-order valence-electron chi connectivity index (χ3n) is 3.48. The number of hydrogen-bond donors (Lipinski definition) is 0. The lowest BCUT2D eigenvalue weighted by atomic mass is 10.3. The molecule has 1 aliphatic rings. The van der Waals surface area contributed by atoms with Gasteiger partial charge < -0.3 is 4.90 Å². The smallest absolute Gasteiger partial charge is 0.100 e. The first-order chi connectivity index (χ1) is 8.69. The Balaban J connectivity index is 1.78. The first-order valence-corrected chi connectivity index (χ1v) is 7.07. The topological polar surface area (TPSA) is 37.2 Å². The van der Waals surface area contributed by atoms with Gasteiger partial charge in [-0.2, -0.15) is 0 Å². The maximum Gasteiger partial charge on any atom is 0.100 e. The lowest BCUT2D eigenvalue weighted by molar-refractivity contribution is 0.148. The summed E-state index contributed by atoms with van der Waals surface area (Å²) >= 11 is 6.14. The maximum atomic E-state index is 6.14. The Kier molecular flexibility index (Phi) is 4.97. The van der Waals surface area contributed by atoms with E-state index in [0.29, 0.717) is 0 Å². The molecule has 18 heavy (non-hydrogen) atoms. The van der Waals surface area contributed by atoms with E-state index in [1.54, 1.807) is 0 Å². The van der Waals surface area contributed by atoms with E-state index < -0.39 is 0 Å². The first-order valence-electron chi connectivity index (χ1n) is 6.64. The quantitative estimate of drug-likeness (QED) is 0.755. The fourth-order valence-corrected chi connectivity index (χ4v) is 2.19. The summed E-state index contributed by atoms with van der Waals surface area (Å²) in [6.45, 7) is 8.58. The summed E-state index contributed by atoms with van der Waals surface area (Å²) < 4.78 is 1.90. The van der Waals surface area contributed by atoms with Crippen molar-refractivity contribution >= 4 is 11.6 Å². The van der Waals surface area contributed by atoms with Crippen molar-refractivity contribution in [3.05, 3.63) is 11.9 Å². The minimum Gasteiger partial charge on any atom is -0.304 e. The molecular weight excluding hydrogens is 250 g/mol. The Morgan fingerprint density at radius 3 is 2.67 bits per heavy atom. The number of piperazine rings is 1. The van der Waals surface area contributed by atoms with Crippen molar-refractivity contribution in [2.75, 3.05) is 39.8 Å². The number of aromatic nitrogens is 3. The molecule has 1 aromatic heterocycles. The van der Waals surface area contributed by atoms with E-state index >= 15 is 0 Å². The molecule has 0 radical (unpaired) electrons. The summed E-state index contributed by atoms with van der Waals surface area (Å²) in [6, 6.07) is 0. The second-order valence-electron chi connectivity index (χ2n) is 4.93. The van der Waals surface area contributed by atoms with Crippen LogP contribution in [0.1, 0.15) is 24.4 Å². The Hall–Kier alpha value is -0.650. The van der Waals surface area contributed by atoms with Crippen molar-refractivity contribution in [1.82, 2.24) is 24.8 Å². The lowest BCUT2D eigenvalue weighted by Gasteiger charge is -2.32. The molecule has 1 fully saturated rings. The van der Waals surface area contributed by atoms with Gasteiger partial charge in [-0.1, -0.05) is 12.1 Å². The molecular formula is C12H22ClN5. The van der Waals surface area contributed by atoms with Crippen LogP contribution in [0, 0.1) is 0 Å². The van der Waals surface area contributed by atoms with Gasteiger partial charge in [0, 0.05) is 38.9 Å². The van der Waals surface area contributed by atoms with Crippen molar-refractivity contribution < 1.29 is 0 Å². The average Bonchev–Trinajstić information content (AvgIpc) is 2.86. The van der Waals surface area contributed by atoms with Gasteiger partial charge in [0.2, 0.25) is 0 Å². The Morgan fingerprint density at radius 2 is 2.00 bits per heavy atom. The van der Waals surface area contributed by atoms with Crippen LogP contribution in [0.3, 0.4) is 0 Å². The highest BCUT2D eigenvalue weighted by Gasteiger charge is 2.14. The van der Waals surface area contributed by atoms with Gasteiger partial charge in [-0.3, -0.25) is 9.58 Å². The fourth-order valence-electron chi connectivity index (χ4n) is 2.09. The van der Waals surface area contributed by atoms with Gasteiger partial charge in [0.1, 0.15) is 5.69 Å². The van der Waals surface area contributed by atoms with Crippen molar-refractivity contribution in [1.29, 1.82) is 0 Å². The van der Waals surface area contributed by atoms with Crippen LogP contribution in [0.4, 0.5) is 0 Å². The second kappa shape index (κ2) is 6.50. The number of rotatable bonds is 5. The number of likely N-dealkylation sites (N-methyl/N-ethyl adjacent to an activating group) is 1. The molecule has 0 aliphatic carbocycles. The predicted octanol–water partition coefficient (Wildman–Crippen LogP) is 1.22. The molecule has 1 unspecified atom stereocenters. The maximum absolute atomic E-state index is 6.14. The van der Waals surface area contributed by atoms with Crippen molar-refractivity contribution in [2.45, 2.75) is 25.3 Å². The molecule has 0 spiro atoms. The van der Waals surface area contributed by atoms with E-state index in [2.05, 4.69) is 34.1 Å². The molecule has 5 nitrogen and oxygen atoms in total. The third kappa shape index (κ3) is 3.67. The Morgan fingerprint density at radius 1 is 1.28 bits per heavy atom. The van der Waals surface area contributed by atoms with E-state index in [9.17, 15) is 0 Å². The number of nitrogens with zero attached hydrogens (tertiary/aromatic N) is 5. The van der Waals surface area contributed by atoms with Crippen LogP contribution in [-0.4, -0.2) is 64.6 Å². The minimum atomic E-state index is -0.0117. The van der Waals surface area contributed by atoms with Gasteiger partial charge >= 0.3 is 0 Å². The summed E-state index contributed by atoms with van der Waals surface area (Å²) in [7, 11) is 2.17. The molecule has 0 aromatic carbocycles. The van der Waals surface area contributed by atoms with Gasteiger partial charge in [0.15, 0.2) is 0 Å². The Bertz CT molecular complexity index is 359. The van der Waals surface area contributed by atoms with E-state index in [4.69, 9.17) is 11.6 Å². The summed E-state index contributed by atoms with van der Waals surface area (Å²) in [5.74, 6) is 0. The molecule has 0 saturated carbocycles. The van der Waals surface area contributed by atoms with Crippen molar-refractivity contribution in [3.8, 4) is 0 Å². The molecule has 1 atom stereocenters. The van der Waals surface area contributed by atoms with Crippen LogP contribution in [0.2, 0.25) is 0 Å². The molecule has 1 saturated heterocycles. The van der Waals surface area contributed by atoms with Crippen LogP contribution >= 0.6 is 11.6 Å². The highest BCUT2D eigenvalue weighted by Crippen LogP contribution is 2.20. The van der Waals surface area contributed by atoms with E-state index in [0.717, 1.165) is 51.4 Å². The standard InChI is InChI=1S/C12H22ClN5/c1-3-11(13)12-10-18(15-14-12)9-8-17-6-4-16(2)5-7-17/h10-11H,3-9H2,1-2H3. The highest BCUT2D eigenvalue weighted by molar-refractivity contribution is 6.20. The normalized spacial score (nSPS) is 20.2. The van der Waals surface area contributed by atoms with Crippen LogP contribution in [-0.2, 0) is 6.54 Å². The van der Waals surface area contributed by atoms with Gasteiger partial charge in [-0.15, -0.1) is 16.7 Å². The van der Waals surface area contributed by atoms with Crippen molar-refractivity contribution in [3.63, 3.8) is 0 Å². The van der Waals surface area contributed by atoms with E-state index in [1.807, 2.05) is 10.9 Å². The third-order valence-corrected chi connectivity index (χ3v) is 4.01. The highest BCUT2D eigenvalue weighted by atomic mass is 35.5. The molecule has 0 bridgehead atoms. The predicted molar refractivity (Wildman–Crippen MR) is 72.8 cm³/mol. The zero-order valence-electron chi connectivity index (χ0n) is 11.2. The molecule has 1 aliphatic heterocycles. The zero-order chi connectivity index (χ0) is 13.0. The van der Waals surface area contributed by atoms with Crippen LogP contribution in [0.5, 0.6) is 0 Å². The van der Waals surface area contributed by atoms with Gasteiger partial charge in [0.25, 0.3) is 0 Å². The first kappa shape index (κ1) is 13.8. The van der Waals surface area contributed by atoms with E-state index in [1.165, 1.54) is 0 Å². The van der Waals surface area contributed by atoms with Gasteiger partial charge in [0.05, 0.1) is 11.9 Å². The largest absolute Gasteiger partial charge is 0.304 e. The van der Waals surface area contributed by atoms with Gasteiger partial charge in [-0.25, -0.2) is 0 Å². The summed E-state index contributed by atoms with van der Waals surface area (Å²) in [5, 5.41) is 8.24. The molecule has 6 heteroatoms. The SMILES string of the molecule is CCC(Cl)c1cn(CCN2CCN(C)CC2)nn1. The molecule has 2 heterocycles. The monoisotopic (exact) mass is 271 g/mol. The fraction of sp³-hybridized carbons (Fsp3) is 0.833. The molecule has 0 amide bonds. The average molecular weight is 272 g/mol. The number of hydrogen-bond acceptors (Lipinski definition) is 4. The van der Waals surface area contributed by atoms with Crippen LogP contribution in [0.25, 0.3) is 0 Å². The minimum absolute atomic E-state index is 0.0117. The summed E-state index contributed by atoms with van der Waals surface area (Å²) in [5.41, 5.74) is 0.887. The molecule has 0 N–H and O–H groups in total. The molecule has 2 rings (SSSR count). The number of alkyl halides is 1. The summed E-state index contributed by atoms with van der Waals surface area (Å²) in [6.07, 6.45) is 2.86. The van der Waals surface area contributed by atoms with Crippen LogP contribution in [0.15, 0.2) is 6.20 Å². The second-order valence-corrected chi connectivity index (χ2v) is 5.45. The Labute approximate surface area is 114 Å². The molecule has 1 aromatic rings. The van der Waals surface area contributed by atoms with Crippen LogP contribution < -0.4 is 0 Å².